The molecule has 0 spiro atoms. The Bertz CT molecular complexity index is 306. The molecule has 3 N–H and O–H groups in total. The minimum Gasteiger partial charge on any atom is -0.395 e. The number of aliphatic hydroxyl groups excluding tert-OH is 2. The van der Waals surface area contributed by atoms with Crippen molar-refractivity contribution in [1.29, 1.82) is 0 Å². The largest absolute Gasteiger partial charge is 0.395 e. The van der Waals surface area contributed by atoms with Crippen molar-refractivity contribution in [2.24, 2.45) is 5.41 Å². The lowest BCUT2D eigenvalue weighted by Crippen LogP contribution is -2.57. The van der Waals surface area contributed by atoms with E-state index >= 15 is 0 Å². The first-order valence-corrected chi connectivity index (χ1v) is 5.78. The number of hydrogen-bond donors (Lipinski definition) is 3. The van der Waals surface area contributed by atoms with Gasteiger partial charge in [0.15, 0.2) is 0 Å². The Balaban J connectivity index is 5.62. The van der Waals surface area contributed by atoms with Gasteiger partial charge in [-0.25, -0.2) is 0 Å². The lowest BCUT2D eigenvalue weighted by Gasteiger charge is -2.43. The molecular formula is C14H22O4. The fraction of sp³-hybridized carbons (Fsp3) is 0.500. The monoisotopic (exact) mass is 254 g/mol. The third kappa shape index (κ3) is 2.96. The van der Waals surface area contributed by atoms with Crippen LogP contribution in [0.5, 0.6) is 0 Å². The van der Waals surface area contributed by atoms with E-state index in [1.807, 2.05) is 0 Å². The molecule has 0 aromatic rings. The molecular weight excluding hydrogens is 232 g/mol. The zero-order valence-corrected chi connectivity index (χ0v) is 10.6. The van der Waals surface area contributed by atoms with Gasteiger partial charge in [0, 0.05) is 6.42 Å². The standard InChI is InChI=1S/C14H22O4/c1-4-7-12(17)13(10-15,11-16)14(18,8-5-2)9-6-3/h4-6,15-16,18H,1-3,7-11H2. The van der Waals surface area contributed by atoms with Crippen LogP contribution in [0.1, 0.15) is 19.3 Å². The lowest BCUT2D eigenvalue weighted by molar-refractivity contribution is -0.162. The Morgan fingerprint density at radius 2 is 1.44 bits per heavy atom. The molecule has 0 saturated carbocycles. The van der Waals surface area contributed by atoms with Gasteiger partial charge in [0.2, 0.25) is 0 Å². The van der Waals surface area contributed by atoms with Gasteiger partial charge in [-0.3, -0.25) is 4.79 Å². The van der Waals surface area contributed by atoms with Crippen molar-refractivity contribution in [3.05, 3.63) is 38.0 Å². The van der Waals surface area contributed by atoms with Gasteiger partial charge in [0.25, 0.3) is 0 Å². The zero-order chi connectivity index (χ0) is 14.2. The van der Waals surface area contributed by atoms with Crippen LogP contribution in [0.3, 0.4) is 0 Å². The average Bonchev–Trinajstić information content (AvgIpc) is 2.32. The molecule has 0 fully saturated rings. The molecule has 0 aromatic heterocycles. The summed E-state index contributed by atoms with van der Waals surface area (Å²) in [6, 6.07) is 0. The molecule has 0 radical (unpaired) electrons. The van der Waals surface area contributed by atoms with Crippen LogP contribution in [0.4, 0.5) is 0 Å². The van der Waals surface area contributed by atoms with Crippen molar-refractivity contribution in [2.75, 3.05) is 13.2 Å². The van der Waals surface area contributed by atoms with Gasteiger partial charge in [0.1, 0.15) is 11.2 Å². The van der Waals surface area contributed by atoms with E-state index in [-0.39, 0.29) is 19.3 Å². The first-order valence-electron chi connectivity index (χ1n) is 5.78. The van der Waals surface area contributed by atoms with E-state index in [2.05, 4.69) is 19.7 Å². The maximum Gasteiger partial charge on any atom is 0.150 e. The number of carbonyl (C=O) groups excluding carboxylic acids is 1. The minimum atomic E-state index is -1.64. The van der Waals surface area contributed by atoms with Crippen LogP contribution in [-0.4, -0.2) is 39.9 Å². The molecule has 102 valence electrons. The molecule has 0 amide bonds. The van der Waals surface area contributed by atoms with Gasteiger partial charge < -0.3 is 15.3 Å². The van der Waals surface area contributed by atoms with Gasteiger partial charge >= 0.3 is 0 Å². The summed E-state index contributed by atoms with van der Waals surface area (Å²) in [5, 5.41) is 29.6. The molecule has 0 aliphatic carbocycles. The summed E-state index contributed by atoms with van der Waals surface area (Å²) in [4.78, 5) is 12.1. The summed E-state index contributed by atoms with van der Waals surface area (Å²) in [7, 11) is 0. The van der Waals surface area contributed by atoms with Crippen LogP contribution < -0.4 is 0 Å². The Morgan fingerprint density at radius 1 is 1.00 bits per heavy atom. The van der Waals surface area contributed by atoms with E-state index in [4.69, 9.17) is 0 Å². The molecule has 0 atom stereocenters. The van der Waals surface area contributed by atoms with Gasteiger partial charge in [-0.05, 0) is 12.8 Å². The fourth-order valence-electron chi connectivity index (χ4n) is 2.06. The molecule has 0 rings (SSSR count). The molecule has 0 aromatic carbocycles. The van der Waals surface area contributed by atoms with Crippen molar-refractivity contribution in [3.63, 3.8) is 0 Å². The predicted octanol–water partition coefficient (Wildman–Crippen LogP) is 0.986. The number of ketones is 1. The Labute approximate surface area is 108 Å². The highest BCUT2D eigenvalue weighted by atomic mass is 16.3. The zero-order valence-electron chi connectivity index (χ0n) is 10.6. The number of aliphatic hydroxyl groups is 3. The topological polar surface area (TPSA) is 77.8 Å². The number of hydrogen-bond acceptors (Lipinski definition) is 4. The maximum atomic E-state index is 12.1. The Morgan fingerprint density at radius 3 is 1.72 bits per heavy atom. The summed E-state index contributed by atoms with van der Waals surface area (Å²) < 4.78 is 0. The second kappa shape index (κ2) is 7.26. The molecule has 0 aliphatic rings. The van der Waals surface area contributed by atoms with Crippen LogP contribution in [0.2, 0.25) is 0 Å². The quantitative estimate of drug-likeness (QED) is 0.508. The van der Waals surface area contributed by atoms with Crippen LogP contribution in [0.15, 0.2) is 38.0 Å². The van der Waals surface area contributed by atoms with Crippen molar-refractivity contribution < 1.29 is 20.1 Å². The lowest BCUT2D eigenvalue weighted by atomic mass is 9.66. The molecule has 0 heterocycles. The van der Waals surface area contributed by atoms with E-state index < -0.39 is 30.0 Å². The number of rotatable bonds is 10. The smallest absolute Gasteiger partial charge is 0.150 e. The minimum absolute atomic E-state index is 0.0300. The fourth-order valence-corrected chi connectivity index (χ4v) is 2.06. The van der Waals surface area contributed by atoms with Gasteiger partial charge in [-0.1, -0.05) is 18.2 Å². The van der Waals surface area contributed by atoms with Crippen LogP contribution in [0.25, 0.3) is 0 Å². The van der Waals surface area contributed by atoms with Gasteiger partial charge in [-0.2, -0.15) is 0 Å². The molecule has 0 bridgehead atoms. The molecule has 4 nitrogen and oxygen atoms in total. The van der Waals surface area contributed by atoms with Crippen molar-refractivity contribution in [2.45, 2.75) is 24.9 Å². The first kappa shape index (κ1) is 16.8. The number of Topliss-reactive ketones (excluding diaryl/α,β-unsaturated/α-hetero) is 1. The second-order valence-corrected chi connectivity index (χ2v) is 4.33. The summed E-state index contributed by atoms with van der Waals surface area (Å²) in [5.74, 6) is -0.450. The first-order chi connectivity index (χ1) is 8.47. The third-order valence-electron chi connectivity index (χ3n) is 3.26. The average molecular weight is 254 g/mol. The second-order valence-electron chi connectivity index (χ2n) is 4.33. The highest BCUT2D eigenvalue weighted by Gasteiger charge is 2.52. The summed E-state index contributed by atoms with van der Waals surface area (Å²) >= 11 is 0. The summed E-state index contributed by atoms with van der Waals surface area (Å²) in [6.45, 7) is 9.21. The van der Waals surface area contributed by atoms with E-state index in [1.165, 1.54) is 18.2 Å². The highest BCUT2D eigenvalue weighted by molar-refractivity contribution is 5.87. The SMILES string of the molecule is C=CCC(=O)C(CO)(CO)C(O)(CC=C)CC=C. The molecule has 18 heavy (non-hydrogen) atoms. The van der Waals surface area contributed by atoms with Gasteiger partial charge in [0.05, 0.1) is 18.8 Å². The normalized spacial score (nSPS) is 11.9. The van der Waals surface area contributed by atoms with E-state index in [0.29, 0.717) is 0 Å². The van der Waals surface area contributed by atoms with Crippen molar-refractivity contribution in [1.82, 2.24) is 0 Å². The van der Waals surface area contributed by atoms with Crippen LogP contribution in [-0.2, 0) is 4.79 Å². The van der Waals surface area contributed by atoms with Crippen molar-refractivity contribution >= 4 is 5.78 Å². The van der Waals surface area contributed by atoms with E-state index in [1.54, 1.807) is 0 Å². The predicted molar refractivity (Wildman–Crippen MR) is 71.0 cm³/mol. The van der Waals surface area contributed by atoms with Crippen LogP contribution >= 0.6 is 0 Å². The van der Waals surface area contributed by atoms with Gasteiger partial charge in [-0.15, -0.1) is 19.7 Å². The summed E-state index contributed by atoms with van der Waals surface area (Å²) in [6.07, 6.45) is 4.39. The Kier molecular flexibility index (Phi) is 6.76. The van der Waals surface area contributed by atoms with E-state index in [0.717, 1.165) is 0 Å². The molecule has 0 unspecified atom stereocenters. The number of carbonyl (C=O) groups is 1. The molecule has 0 saturated heterocycles. The van der Waals surface area contributed by atoms with Crippen LogP contribution in [0, 0.1) is 5.41 Å². The summed E-state index contributed by atoms with van der Waals surface area (Å²) in [5.41, 5.74) is -3.23. The molecule has 0 aliphatic heterocycles. The Hall–Kier alpha value is -1.23. The van der Waals surface area contributed by atoms with Crippen molar-refractivity contribution in [3.8, 4) is 0 Å². The maximum absolute atomic E-state index is 12.1. The van der Waals surface area contributed by atoms with E-state index in [9.17, 15) is 20.1 Å². The molecule has 4 heteroatoms. The highest BCUT2D eigenvalue weighted by Crippen LogP contribution is 2.39. The third-order valence-corrected chi connectivity index (χ3v) is 3.26. The number of allylic oxidation sites excluding steroid dienone is 1.